The number of aliphatic carboxylic acids is 1. The molecule has 2 heterocycles. The van der Waals surface area contributed by atoms with Crippen LogP contribution in [0.2, 0.25) is 0 Å². The number of hydrogen-bond acceptors (Lipinski definition) is 5. The number of ether oxygens (including phenoxy) is 1. The Labute approximate surface area is 200 Å². The summed E-state index contributed by atoms with van der Waals surface area (Å²) < 4.78 is 11.9. The van der Waals surface area contributed by atoms with Gasteiger partial charge >= 0.3 is 5.97 Å². The van der Waals surface area contributed by atoms with Gasteiger partial charge in [0.05, 0.1) is 12.3 Å². The summed E-state index contributed by atoms with van der Waals surface area (Å²) in [6.07, 6.45) is 12.3. The first-order valence-electron chi connectivity index (χ1n) is 12.0. The molecule has 1 aliphatic carbocycles. The van der Waals surface area contributed by atoms with Crippen LogP contribution in [-0.4, -0.2) is 39.5 Å². The van der Waals surface area contributed by atoms with Gasteiger partial charge in [-0.05, 0) is 49.9 Å². The van der Waals surface area contributed by atoms with Gasteiger partial charge in [0.1, 0.15) is 17.6 Å². The Balaban J connectivity index is 1.41. The lowest BCUT2D eigenvalue weighted by atomic mass is 9.93. The van der Waals surface area contributed by atoms with Crippen LogP contribution in [0.1, 0.15) is 67.0 Å². The maximum Gasteiger partial charge on any atom is 0.326 e. The van der Waals surface area contributed by atoms with Crippen molar-refractivity contribution in [2.24, 2.45) is 0 Å². The smallest absolute Gasteiger partial charge is 0.326 e. The number of carbonyl (C=O) groups is 2. The highest BCUT2D eigenvalue weighted by Crippen LogP contribution is 2.34. The lowest BCUT2D eigenvalue weighted by molar-refractivity contribution is -0.149. The van der Waals surface area contributed by atoms with Gasteiger partial charge < -0.3 is 19.2 Å². The van der Waals surface area contributed by atoms with Gasteiger partial charge in [-0.15, -0.1) is 0 Å². The molecule has 1 N–H and O–H groups in total. The van der Waals surface area contributed by atoms with E-state index in [1.54, 1.807) is 12.2 Å². The van der Waals surface area contributed by atoms with E-state index in [1.807, 2.05) is 38.1 Å². The SMILES string of the molecule is C/C=C/C=C/C(=O)N1Cc2cc(OCCc3nc(C4CCCC4)oc3C)ccc2C[C@H]1C(=O)O. The van der Waals surface area contributed by atoms with Gasteiger partial charge in [-0.2, -0.15) is 0 Å². The third-order valence-corrected chi connectivity index (χ3v) is 6.64. The molecule has 0 radical (unpaired) electrons. The molecule has 0 unspecified atom stereocenters. The van der Waals surface area contributed by atoms with Crippen LogP contribution in [0.5, 0.6) is 5.75 Å². The molecule has 1 saturated carbocycles. The molecule has 7 nitrogen and oxygen atoms in total. The average molecular weight is 465 g/mol. The van der Waals surface area contributed by atoms with Crippen molar-refractivity contribution in [1.82, 2.24) is 9.88 Å². The minimum atomic E-state index is -1.00. The first-order valence-corrected chi connectivity index (χ1v) is 12.0. The molecule has 180 valence electrons. The van der Waals surface area contributed by atoms with E-state index in [0.29, 0.717) is 24.7 Å². The second-order valence-electron chi connectivity index (χ2n) is 8.97. The van der Waals surface area contributed by atoms with E-state index in [1.165, 1.54) is 23.8 Å². The minimum Gasteiger partial charge on any atom is -0.493 e. The number of carboxylic acid groups (broad SMARTS) is 1. The molecule has 2 aromatic rings. The minimum absolute atomic E-state index is 0.232. The third kappa shape index (κ3) is 5.41. The van der Waals surface area contributed by atoms with Gasteiger partial charge in [-0.25, -0.2) is 9.78 Å². The number of carboxylic acids is 1. The van der Waals surface area contributed by atoms with Crippen LogP contribution in [0, 0.1) is 6.92 Å². The summed E-state index contributed by atoms with van der Waals surface area (Å²) in [6.45, 7) is 4.50. The first-order chi connectivity index (χ1) is 16.5. The molecule has 0 spiro atoms. The topological polar surface area (TPSA) is 92.9 Å². The molecular formula is C27H32N2O5. The Morgan fingerprint density at radius 2 is 2.03 bits per heavy atom. The van der Waals surface area contributed by atoms with E-state index in [2.05, 4.69) is 0 Å². The van der Waals surface area contributed by atoms with Crippen LogP contribution in [0.3, 0.4) is 0 Å². The molecule has 1 aromatic heterocycles. The highest BCUT2D eigenvalue weighted by atomic mass is 16.5. The lowest BCUT2D eigenvalue weighted by Gasteiger charge is -2.34. The number of benzene rings is 1. The summed E-state index contributed by atoms with van der Waals surface area (Å²) in [5.74, 6) is 1.54. The van der Waals surface area contributed by atoms with Crippen LogP contribution in [0.25, 0.3) is 0 Å². The Kier molecular flexibility index (Phi) is 7.50. The fourth-order valence-corrected chi connectivity index (χ4v) is 4.74. The predicted octanol–water partition coefficient (Wildman–Crippen LogP) is 4.73. The zero-order valence-corrected chi connectivity index (χ0v) is 19.8. The molecule has 1 aliphatic heterocycles. The largest absolute Gasteiger partial charge is 0.493 e. The normalized spacial score (nSPS) is 18.6. The maximum atomic E-state index is 12.6. The van der Waals surface area contributed by atoms with Crippen molar-refractivity contribution in [3.8, 4) is 5.75 Å². The molecule has 1 atom stereocenters. The van der Waals surface area contributed by atoms with E-state index in [0.717, 1.165) is 41.3 Å². The molecule has 1 aromatic carbocycles. The summed E-state index contributed by atoms with van der Waals surface area (Å²) >= 11 is 0. The summed E-state index contributed by atoms with van der Waals surface area (Å²) in [5.41, 5.74) is 2.77. The summed E-state index contributed by atoms with van der Waals surface area (Å²) in [4.78, 5) is 30.6. The zero-order valence-electron chi connectivity index (χ0n) is 19.8. The van der Waals surface area contributed by atoms with Crippen molar-refractivity contribution in [3.05, 3.63) is 71.0 Å². The van der Waals surface area contributed by atoms with Crippen molar-refractivity contribution in [3.63, 3.8) is 0 Å². The summed E-state index contributed by atoms with van der Waals surface area (Å²) in [5, 5.41) is 9.66. The molecule has 1 fully saturated rings. The number of amides is 1. The van der Waals surface area contributed by atoms with E-state index in [4.69, 9.17) is 14.1 Å². The van der Waals surface area contributed by atoms with Crippen LogP contribution in [-0.2, 0) is 29.0 Å². The zero-order chi connectivity index (χ0) is 24.1. The number of nitrogens with zero attached hydrogens (tertiary/aromatic N) is 2. The van der Waals surface area contributed by atoms with E-state index in [-0.39, 0.29) is 18.9 Å². The van der Waals surface area contributed by atoms with Gasteiger partial charge in [-0.1, -0.05) is 37.1 Å². The van der Waals surface area contributed by atoms with Gasteiger partial charge in [0.2, 0.25) is 5.91 Å². The van der Waals surface area contributed by atoms with Crippen LogP contribution < -0.4 is 4.74 Å². The van der Waals surface area contributed by atoms with E-state index in [9.17, 15) is 14.7 Å². The summed E-state index contributed by atoms with van der Waals surface area (Å²) in [7, 11) is 0. The Bertz CT molecular complexity index is 1090. The highest BCUT2D eigenvalue weighted by molar-refractivity contribution is 5.92. The van der Waals surface area contributed by atoms with Crippen molar-refractivity contribution in [2.45, 2.75) is 70.9 Å². The van der Waals surface area contributed by atoms with Crippen LogP contribution in [0.4, 0.5) is 0 Å². The van der Waals surface area contributed by atoms with Crippen molar-refractivity contribution in [2.75, 3.05) is 6.61 Å². The molecule has 34 heavy (non-hydrogen) atoms. The number of carbonyl (C=O) groups excluding carboxylic acids is 1. The maximum absolute atomic E-state index is 12.6. The van der Waals surface area contributed by atoms with Gasteiger partial charge in [0.15, 0.2) is 5.89 Å². The molecule has 0 bridgehead atoms. The van der Waals surface area contributed by atoms with Crippen molar-refractivity contribution in [1.29, 1.82) is 0 Å². The van der Waals surface area contributed by atoms with Gasteiger partial charge in [-0.3, -0.25) is 4.79 Å². The molecule has 2 aliphatic rings. The number of rotatable bonds is 8. The number of aryl methyl sites for hydroxylation is 1. The third-order valence-electron chi connectivity index (χ3n) is 6.64. The lowest BCUT2D eigenvalue weighted by Crippen LogP contribution is -2.48. The average Bonchev–Trinajstić information content (AvgIpc) is 3.48. The molecular weight excluding hydrogens is 432 g/mol. The van der Waals surface area contributed by atoms with E-state index < -0.39 is 12.0 Å². The first kappa shape index (κ1) is 23.8. The predicted molar refractivity (Wildman–Crippen MR) is 128 cm³/mol. The molecule has 7 heteroatoms. The Morgan fingerprint density at radius 3 is 2.76 bits per heavy atom. The monoisotopic (exact) mass is 464 g/mol. The number of oxazole rings is 1. The number of allylic oxidation sites excluding steroid dienone is 3. The fraction of sp³-hybridized carbons (Fsp3) is 0.444. The molecule has 1 amide bonds. The molecule has 0 saturated heterocycles. The molecule has 4 rings (SSSR count). The number of aromatic nitrogens is 1. The Hall–Kier alpha value is -3.35. The fourth-order valence-electron chi connectivity index (χ4n) is 4.74. The van der Waals surface area contributed by atoms with Crippen LogP contribution in [0.15, 0.2) is 46.9 Å². The number of fused-ring (bicyclic) bond motifs is 1. The second-order valence-corrected chi connectivity index (χ2v) is 8.97. The quantitative estimate of drug-likeness (QED) is 0.448. The van der Waals surface area contributed by atoms with Crippen molar-refractivity contribution < 1.29 is 23.8 Å². The van der Waals surface area contributed by atoms with Crippen molar-refractivity contribution >= 4 is 11.9 Å². The van der Waals surface area contributed by atoms with Crippen LogP contribution >= 0.6 is 0 Å². The highest BCUT2D eigenvalue weighted by Gasteiger charge is 2.34. The second kappa shape index (κ2) is 10.7. The standard InChI is InChI=1S/C27H32N2O5/c1-3-4-5-10-25(30)29-17-21-15-22(12-11-20(21)16-24(29)27(31)32)33-14-13-23-18(2)34-26(28-23)19-8-6-7-9-19/h3-5,10-12,15,19,24H,6-9,13-14,16-17H2,1-2H3,(H,31,32)/b4-3+,10-5+/t24-/m0/s1. The van der Waals surface area contributed by atoms with Gasteiger partial charge in [0, 0.05) is 31.4 Å². The van der Waals surface area contributed by atoms with E-state index >= 15 is 0 Å². The van der Waals surface area contributed by atoms with Gasteiger partial charge in [0.25, 0.3) is 0 Å². The summed E-state index contributed by atoms with van der Waals surface area (Å²) in [6, 6.07) is 4.78. The Morgan fingerprint density at radius 1 is 1.24 bits per heavy atom. The number of hydrogen-bond donors (Lipinski definition) is 1.